The first-order valence-electron chi connectivity index (χ1n) is 5.96. The Morgan fingerprint density at radius 1 is 1.53 bits per heavy atom. The zero-order valence-corrected chi connectivity index (χ0v) is 11.4. The minimum Gasteiger partial charge on any atom is -0.455 e. The summed E-state index contributed by atoms with van der Waals surface area (Å²) in [5.74, 6) is -1.16. The molecule has 0 aliphatic carbocycles. The summed E-state index contributed by atoms with van der Waals surface area (Å²) in [7, 11) is 0. The van der Waals surface area contributed by atoms with Crippen molar-refractivity contribution in [2.24, 2.45) is 0 Å². The molecule has 0 bridgehead atoms. The van der Waals surface area contributed by atoms with Gasteiger partial charge in [-0.2, -0.15) is 0 Å². The predicted molar refractivity (Wildman–Crippen MR) is 67.5 cm³/mol. The van der Waals surface area contributed by atoms with E-state index in [1.54, 1.807) is 5.38 Å². The van der Waals surface area contributed by atoms with Crippen molar-refractivity contribution in [3.05, 3.63) is 16.1 Å². The summed E-state index contributed by atoms with van der Waals surface area (Å²) >= 11 is 1.45. The van der Waals surface area contributed by atoms with Gasteiger partial charge in [0.1, 0.15) is 0 Å². The average molecular weight is 282 g/mol. The summed E-state index contributed by atoms with van der Waals surface area (Å²) in [4.78, 5) is 39.7. The molecule has 0 aromatic carbocycles. The summed E-state index contributed by atoms with van der Waals surface area (Å²) in [5.41, 5.74) is 0.636. The van der Waals surface area contributed by atoms with Crippen LogP contribution in [-0.2, 0) is 25.5 Å². The van der Waals surface area contributed by atoms with Crippen molar-refractivity contribution in [1.82, 2.24) is 9.88 Å². The van der Waals surface area contributed by atoms with Gasteiger partial charge < -0.3 is 4.74 Å². The summed E-state index contributed by atoms with van der Waals surface area (Å²) in [6.45, 7) is 1.89. The van der Waals surface area contributed by atoms with Crippen LogP contribution in [-0.4, -0.2) is 40.8 Å². The van der Waals surface area contributed by atoms with E-state index in [1.165, 1.54) is 11.3 Å². The highest BCUT2D eigenvalue weighted by Crippen LogP contribution is 2.11. The van der Waals surface area contributed by atoms with Crippen molar-refractivity contribution in [2.75, 3.05) is 13.2 Å². The lowest BCUT2D eigenvalue weighted by atomic mass is 10.3. The van der Waals surface area contributed by atoms with Crippen LogP contribution in [0, 0.1) is 6.92 Å². The number of rotatable bonds is 4. The zero-order valence-electron chi connectivity index (χ0n) is 10.5. The van der Waals surface area contributed by atoms with E-state index in [0.29, 0.717) is 25.1 Å². The Kier molecular flexibility index (Phi) is 4.26. The summed E-state index contributed by atoms with van der Waals surface area (Å²) < 4.78 is 4.86. The van der Waals surface area contributed by atoms with E-state index in [9.17, 15) is 14.4 Å². The van der Waals surface area contributed by atoms with E-state index >= 15 is 0 Å². The molecule has 0 saturated carbocycles. The van der Waals surface area contributed by atoms with E-state index in [1.807, 2.05) is 6.92 Å². The maximum Gasteiger partial charge on any atom is 0.312 e. The second kappa shape index (κ2) is 5.92. The van der Waals surface area contributed by atoms with Crippen LogP contribution >= 0.6 is 11.3 Å². The molecule has 0 spiro atoms. The standard InChI is InChI=1S/C12H14N2O4S/c1-8-13-9(7-19-8)5-12(17)18-6-11(16)14-4-2-3-10(14)15/h7H,2-6H2,1H3. The number of likely N-dealkylation sites (tertiary alicyclic amines) is 1. The molecule has 0 radical (unpaired) electrons. The van der Waals surface area contributed by atoms with Gasteiger partial charge in [-0.1, -0.05) is 0 Å². The molecular weight excluding hydrogens is 268 g/mol. The van der Waals surface area contributed by atoms with Crippen LogP contribution in [0.3, 0.4) is 0 Å². The number of aromatic nitrogens is 1. The number of hydrogen-bond acceptors (Lipinski definition) is 6. The van der Waals surface area contributed by atoms with Gasteiger partial charge in [0.15, 0.2) is 6.61 Å². The molecule has 2 amide bonds. The largest absolute Gasteiger partial charge is 0.455 e. The van der Waals surface area contributed by atoms with Crippen LogP contribution in [0.5, 0.6) is 0 Å². The lowest BCUT2D eigenvalue weighted by molar-refractivity contribution is -0.154. The third-order valence-corrected chi connectivity index (χ3v) is 3.55. The van der Waals surface area contributed by atoms with Crippen LogP contribution in [0.2, 0.25) is 0 Å². The van der Waals surface area contributed by atoms with Crippen LogP contribution < -0.4 is 0 Å². The smallest absolute Gasteiger partial charge is 0.312 e. The first-order chi connectivity index (χ1) is 9.06. The zero-order chi connectivity index (χ0) is 13.8. The molecule has 102 valence electrons. The number of nitrogens with zero attached hydrogens (tertiary/aromatic N) is 2. The first kappa shape index (κ1) is 13.7. The first-order valence-corrected chi connectivity index (χ1v) is 6.84. The van der Waals surface area contributed by atoms with Gasteiger partial charge in [-0.15, -0.1) is 11.3 Å². The molecule has 0 N–H and O–H groups in total. The maximum atomic E-state index is 11.6. The van der Waals surface area contributed by atoms with Crippen LogP contribution in [0.1, 0.15) is 23.5 Å². The second-order valence-corrected chi connectivity index (χ2v) is 5.30. The number of ether oxygens (including phenoxy) is 1. The van der Waals surface area contributed by atoms with Crippen molar-refractivity contribution in [3.63, 3.8) is 0 Å². The fourth-order valence-corrected chi connectivity index (χ4v) is 2.43. The predicted octanol–water partition coefficient (Wildman–Crippen LogP) is 0.686. The molecule has 0 atom stereocenters. The van der Waals surface area contributed by atoms with Crippen LogP contribution in [0.25, 0.3) is 0 Å². The van der Waals surface area contributed by atoms with Crippen LogP contribution in [0.4, 0.5) is 0 Å². The minimum absolute atomic E-state index is 0.0472. The van der Waals surface area contributed by atoms with Gasteiger partial charge in [0, 0.05) is 18.3 Å². The molecule has 7 heteroatoms. The molecule has 1 aliphatic rings. The maximum absolute atomic E-state index is 11.6. The quantitative estimate of drug-likeness (QED) is 0.759. The number of esters is 1. The summed E-state index contributed by atoms with van der Waals surface area (Å²) in [6, 6.07) is 0. The average Bonchev–Trinajstić information content (AvgIpc) is 2.95. The Bertz CT molecular complexity index is 512. The number of amides is 2. The van der Waals surface area contributed by atoms with Gasteiger partial charge >= 0.3 is 5.97 Å². The Morgan fingerprint density at radius 2 is 2.32 bits per heavy atom. The molecule has 1 aromatic rings. The Balaban J connectivity index is 1.77. The van der Waals surface area contributed by atoms with Crippen molar-refractivity contribution in [3.8, 4) is 0 Å². The topological polar surface area (TPSA) is 76.6 Å². The molecule has 2 heterocycles. The second-order valence-electron chi connectivity index (χ2n) is 4.24. The lowest BCUT2D eigenvalue weighted by Crippen LogP contribution is -2.35. The minimum atomic E-state index is -0.509. The normalized spacial score (nSPS) is 14.8. The summed E-state index contributed by atoms with van der Waals surface area (Å²) in [5, 5.41) is 2.66. The molecule has 1 fully saturated rings. The van der Waals surface area contributed by atoms with Crippen molar-refractivity contribution < 1.29 is 19.1 Å². The number of carbonyl (C=O) groups is 3. The molecule has 2 rings (SSSR count). The molecule has 19 heavy (non-hydrogen) atoms. The van der Waals surface area contributed by atoms with E-state index in [-0.39, 0.29) is 18.9 Å². The molecule has 1 aliphatic heterocycles. The van der Waals surface area contributed by atoms with Gasteiger partial charge in [-0.25, -0.2) is 4.98 Å². The van der Waals surface area contributed by atoms with Gasteiger partial charge in [-0.3, -0.25) is 19.3 Å². The van der Waals surface area contributed by atoms with Crippen LogP contribution in [0.15, 0.2) is 5.38 Å². The Morgan fingerprint density at radius 3 is 2.89 bits per heavy atom. The van der Waals surface area contributed by atoms with E-state index in [0.717, 1.165) is 9.91 Å². The van der Waals surface area contributed by atoms with E-state index < -0.39 is 11.9 Å². The molecule has 1 saturated heterocycles. The Hall–Kier alpha value is -1.76. The molecule has 1 aromatic heterocycles. The summed E-state index contributed by atoms with van der Waals surface area (Å²) in [6.07, 6.45) is 1.11. The van der Waals surface area contributed by atoms with E-state index in [2.05, 4.69) is 4.98 Å². The highest BCUT2D eigenvalue weighted by atomic mass is 32.1. The molecule has 0 unspecified atom stereocenters. The van der Waals surface area contributed by atoms with Gasteiger partial charge in [0.05, 0.1) is 17.1 Å². The van der Waals surface area contributed by atoms with Gasteiger partial charge in [0.25, 0.3) is 5.91 Å². The number of carbonyl (C=O) groups excluding carboxylic acids is 3. The molecule has 6 nitrogen and oxygen atoms in total. The number of hydrogen-bond donors (Lipinski definition) is 0. The fourth-order valence-electron chi connectivity index (χ4n) is 1.82. The highest BCUT2D eigenvalue weighted by molar-refractivity contribution is 7.09. The van der Waals surface area contributed by atoms with Gasteiger partial charge in [0.2, 0.25) is 5.91 Å². The number of imide groups is 1. The third-order valence-electron chi connectivity index (χ3n) is 2.72. The van der Waals surface area contributed by atoms with E-state index in [4.69, 9.17) is 4.74 Å². The third kappa shape index (κ3) is 3.60. The highest BCUT2D eigenvalue weighted by Gasteiger charge is 2.26. The monoisotopic (exact) mass is 282 g/mol. The van der Waals surface area contributed by atoms with Gasteiger partial charge in [-0.05, 0) is 13.3 Å². The number of aryl methyl sites for hydroxylation is 1. The fraction of sp³-hybridized carbons (Fsp3) is 0.500. The Labute approximate surface area is 114 Å². The van der Waals surface area contributed by atoms with Crippen molar-refractivity contribution in [2.45, 2.75) is 26.2 Å². The van der Waals surface area contributed by atoms with Crippen molar-refractivity contribution >= 4 is 29.1 Å². The lowest BCUT2D eigenvalue weighted by Gasteiger charge is -2.13. The van der Waals surface area contributed by atoms with Crippen molar-refractivity contribution in [1.29, 1.82) is 0 Å². The molecular formula is C12H14N2O4S. The number of thiazole rings is 1. The SMILES string of the molecule is Cc1nc(CC(=O)OCC(=O)N2CCCC2=O)cs1.